The van der Waals surface area contributed by atoms with Crippen LogP contribution < -0.4 is 0 Å². The van der Waals surface area contributed by atoms with E-state index in [-0.39, 0.29) is 5.75 Å². The highest BCUT2D eigenvalue weighted by Crippen LogP contribution is 2.45. The molecular formula is C24H13NO2. The molecule has 0 saturated heterocycles. The van der Waals surface area contributed by atoms with Gasteiger partial charge in [0.25, 0.3) is 0 Å². The van der Waals surface area contributed by atoms with Gasteiger partial charge in [0.05, 0.1) is 21.9 Å². The maximum Gasteiger partial charge on any atom is 0.145 e. The molecule has 0 aliphatic carbocycles. The van der Waals surface area contributed by atoms with E-state index in [4.69, 9.17) is 4.42 Å². The molecule has 0 unspecified atom stereocenters. The van der Waals surface area contributed by atoms with Gasteiger partial charge in [-0.3, -0.25) is 0 Å². The Morgan fingerprint density at radius 1 is 0.667 bits per heavy atom. The zero-order valence-corrected chi connectivity index (χ0v) is 14.2. The van der Waals surface area contributed by atoms with Gasteiger partial charge in [-0.1, -0.05) is 36.4 Å². The van der Waals surface area contributed by atoms with Crippen molar-refractivity contribution >= 4 is 60.0 Å². The molecule has 3 nitrogen and oxygen atoms in total. The van der Waals surface area contributed by atoms with Gasteiger partial charge in [-0.05, 0) is 30.3 Å². The van der Waals surface area contributed by atoms with Crippen molar-refractivity contribution in [2.45, 2.75) is 0 Å². The number of rotatable bonds is 0. The minimum absolute atomic E-state index is 0.279. The van der Waals surface area contributed by atoms with Gasteiger partial charge in [-0.15, -0.1) is 0 Å². The molecule has 1 N–H and O–H groups in total. The Balaban J connectivity index is 1.94. The number of aromatic hydroxyl groups is 1. The second-order valence-electron chi connectivity index (χ2n) is 7.18. The SMILES string of the molecule is Oc1ccc2c3cc4c5ccccc5oc4c4c5ccccc5n(c2c1)c34. The number of aromatic nitrogens is 1. The van der Waals surface area contributed by atoms with Gasteiger partial charge in [0, 0.05) is 33.0 Å². The van der Waals surface area contributed by atoms with E-state index >= 15 is 0 Å². The molecule has 0 saturated carbocycles. The Morgan fingerprint density at radius 3 is 2.41 bits per heavy atom. The molecule has 7 rings (SSSR count). The summed E-state index contributed by atoms with van der Waals surface area (Å²) in [6, 6.07) is 24.5. The number of furan rings is 1. The van der Waals surface area contributed by atoms with Crippen LogP contribution in [0.2, 0.25) is 0 Å². The number of phenolic OH excluding ortho intramolecular Hbond substituents is 1. The third kappa shape index (κ3) is 1.46. The van der Waals surface area contributed by atoms with E-state index in [1.807, 2.05) is 24.3 Å². The molecule has 0 fully saturated rings. The Labute approximate surface area is 153 Å². The highest BCUT2D eigenvalue weighted by Gasteiger charge is 2.22. The van der Waals surface area contributed by atoms with E-state index in [0.717, 1.165) is 49.3 Å². The Morgan fingerprint density at radius 2 is 1.48 bits per heavy atom. The summed E-state index contributed by atoms with van der Waals surface area (Å²) in [7, 11) is 0. The summed E-state index contributed by atoms with van der Waals surface area (Å²) in [5, 5.41) is 17.0. The topological polar surface area (TPSA) is 37.8 Å². The van der Waals surface area contributed by atoms with Gasteiger partial charge in [0.2, 0.25) is 0 Å². The lowest BCUT2D eigenvalue weighted by Gasteiger charge is -1.98. The molecule has 7 aromatic rings. The first-order valence-electron chi connectivity index (χ1n) is 9.02. The van der Waals surface area contributed by atoms with Gasteiger partial charge in [0.15, 0.2) is 0 Å². The fourth-order valence-corrected chi connectivity index (χ4v) is 4.72. The van der Waals surface area contributed by atoms with Crippen molar-refractivity contribution in [2.24, 2.45) is 0 Å². The largest absolute Gasteiger partial charge is 0.508 e. The molecule has 27 heavy (non-hydrogen) atoms. The first kappa shape index (κ1) is 13.5. The summed E-state index contributed by atoms with van der Waals surface area (Å²) in [6.45, 7) is 0. The molecule has 3 aromatic heterocycles. The highest BCUT2D eigenvalue weighted by molar-refractivity contribution is 6.32. The van der Waals surface area contributed by atoms with E-state index in [2.05, 4.69) is 46.9 Å². The summed E-state index contributed by atoms with van der Waals surface area (Å²) in [5.41, 5.74) is 5.15. The van der Waals surface area contributed by atoms with Crippen LogP contribution in [0.4, 0.5) is 0 Å². The molecule has 126 valence electrons. The van der Waals surface area contributed by atoms with Crippen LogP contribution in [0.5, 0.6) is 5.75 Å². The lowest BCUT2D eigenvalue weighted by Crippen LogP contribution is -1.79. The third-order valence-corrected chi connectivity index (χ3v) is 5.79. The Hall–Kier alpha value is -3.72. The number of hydrogen-bond acceptors (Lipinski definition) is 2. The predicted molar refractivity (Wildman–Crippen MR) is 110 cm³/mol. The van der Waals surface area contributed by atoms with Crippen LogP contribution in [-0.2, 0) is 0 Å². The van der Waals surface area contributed by atoms with Crippen molar-refractivity contribution in [1.82, 2.24) is 4.40 Å². The van der Waals surface area contributed by atoms with Crippen molar-refractivity contribution in [2.75, 3.05) is 0 Å². The standard InChI is InChI=1S/C24H13NO2/c26-13-9-10-14-17-12-18-15-5-2-4-8-21(15)27-24(18)22-16-6-1-3-7-19(16)25(23(17)22)20(14)11-13/h1-12,26H. The van der Waals surface area contributed by atoms with Crippen LogP contribution in [0.25, 0.3) is 60.0 Å². The molecule has 0 radical (unpaired) electrons. The van der Waals surface area contributed by atoms with Gasteiger partial charge in [-0.2, -0.15) is 0 Å². The smallest absolute Gasteiger partial charge is 0.145 e. The van der Waals surface area contributed by atoms with E-state index in [1.165, 1.54) is 10.8 Å². The van der Waals surface area contributed by atoms with E-state index in [0.29, 0.717) is 0 Å². The van der Waals surface area contributed by atoms with Crippen LogP contribution in [-0.4, -0.2) is 9.51 Å². The fraction of sp³-hybridized carbons (Fsp3) is 0. The summed E-state index contributed by atoms with van der Waals surface area (Å²) in [4.78, 5) is 0. The molecule has 0 spiro atoms. The highest BCUT2D eigenvalue weighted by atomic mass is 16.3. The van der Waals surface area contributed by atoms with Crippen molar-refractivity contribution < 1.29 is 9.52 Å². The lowest BCUT2D eigenvalue weighted by molar-refractivity contribution is 0.476. The number of phenols is 1. The van der Waals surface area contributed by atoms with E-state index < -0.39 is 0 Å². The summed E-state index contributed by atoms with van der Waals surface area (Å²) >= 11 is 0. The van der Waals surface area contributed by atoms with Crippen molar-refractivity contribution in [3.8, 4) is 5.75 Å². The van der Waals surface area contributed by atoms with Crippen LogP contribution in [0.1, 0.15) is 0 Å². The molecule has 0 amide bonds. The van der Waals surface area contributed by atoms with Gasteiger partial charge < -0.3 is 13.9 Å². The quantitative estimate of drug-likeness (QED) is 0.343. The molecular weight excluding hydrogens is 334 g/mol. The zero-order chi connectivity index (χ0) is 17.7. The number of nitrogens with zero attached hydrogens (tertiary/aromatic N) is 1. The van der Waals surface area contributed by atoms with Gasteiger partial charge in [-0.25, -0.2) is 0 Å². The lowest BCUT2D eigenvalue weighted by atomic mass is 10.0. The van der Waals surface area contributed by atoms with E-state index in [1.54, 1.807) is 6.07 Å². The molecule has 0 bridgehead atoms. The normalized spacial score (nSPS) is 12.6. The first-order chi connectivity index (χ1) is 13.3. The number of para-hydroxylation sites is 2. The molecule has 3 heterocycles. The maximum atomic E-state index is 10.1. The van der Waals surface area contributed by atoms with Crippen molar-refractivity contribution in [3.05, 3.63) is 72.8 Å². The average molecular weight is 347 g/mol. The van der Waals surface area contributed by atoms with Crippen LogP contribution in [0.3, 0.4) is 0 Å². The maximum absolute atomic E-state index is 10.1. The predicted octanol–water partition coefficient (Wildman–Crippen LogP) is 6.44. The minimum Gasteiger partial charge on any atom is -0.508 e. The molecule has 0 aliphatic rings. The molecule has 0 atom stereocenters. The Kier molecular flexibility index (Phi) is 2.16. The van der Waals surface area contributed by atoms with Crippen LogP contribution in [0, 0.1) is 0 Å². The zero-order valence-electron chi connectivity index (χ0n) is 14.2. The monoisotopic (exact) mass is 347 g/mol. The summed E-state index contributed by atoms with van der Waals surface area (Å²) < 4.78 is 8.58. The second kappa shape index (κ2) is 4.33. The van der Waals surface area contributed by atoms with Crippen LogP contribution in [0.15, 0.2) is 77.2 Å². The first-order valence-corrected chi connectivity index (χ1v) is 9.02. The summed E-state index contributed by atoms with van der Waals surface area (Å²) in [5.74, 6) is 0.279. The van der Waals surface area contributed by atoms with E-state index in [9.17, 15) is 5.11 Å². The van der Waals surface area contributed by atoms with Crippen LogP contribution >= 0.6 is 0 Å². The number of hydrogen-bond donors (Lipinski definition) is 1. The molecule has 4 aromatic carbocycles. The molecule has 3 heteroatoms. The van der Waals surface area contributed by atoms with Crippen molar-refractivity contribution in [3.63, 3.8) is 0 Å². The van der Waals surface area contributed by atoms with Crippen molar-refractivity contribution in [1.29, 1.82) is 0 Å². The average Bonchev–Trinajstić information content (AvgIpc) is 3.33. The fourth-order valence-electron chi connectivity index (χ4n) is 4.72. The Bertz CT molecular complexity index is 1680. The minimum atomic E-state index is 0.279. The third-order valence-electron chi connectivity index (χ3n) is 5.79. The summed E-state index contributed by atoms with van der Waals surface area (Å²) in [6.07, 6.45) is 0. The number of benzene rings is 4. The number of fused-ring (bicyclic) bond motifs is 10. The molecule has 0 aliphatic heterocycles. The van der Waals surface area contributed by atoms with Gasteiger partial charge >= 0.3 is 0 Å². The van der Waals surface area contributed by atoms with Gasteiger partial charge in [0.1, 0.15) is 16.9 Å². The second-order valence-corrected chi connectivity index (χ2v) is 7.18.